The van der Waals surface area contributed by atoms with Crippen LogP contribution in [0.3, 0.4) is 0 Å². The van der Waals surface area contributed by atoms with Gasteiger partial charge in [-0.3, -0.25) is 4.79 Å². The van der Waals surface area contributed by atoms with Gasteiger partial charge in [-0.05, 0) is 37.7 Å². The molecule has 1 aromatic carbocycles. The van der Waals surface area contributed by atoms with Gasteiger partial charge in [-0.2, -0.15) is 5.26 Å². The van der Waals surface area contributed by atoms with Crippen molar-refractivity contribution in [2.45, 2.75) is 6.92 Å². The number of phenols is 1. The van der Waals surface area contributed by atoms with Crippen LogP contribution in [0.2, 0.25) is 0 Å². The van der Waals surface area contributed by atoms with Crippen LogP contribution in [0.15, 0.2) is 30.0 Å². The number of piperazine rings is 1. The van der Waals surface area contributed by atoms with Gasteiger partial charge in [-0.25, -0.2) is 0 Å². The lowest BCUT2D eigenvalue weighted by atomic mass is 10.2. The Kier molecular flexibility index (Phi) is 5.02. The smallest absolute Gasteiger partial charge is 0.266 e. The van der Waals surface area contributed by atoms with E-state index in [0.717, 1.165) is 24.3 Å². The fourth-order valence-corrected chi connectivity index (χ4v) is 2.28. The zero-order valence-electron chi connectivity index (χ0n) is 12.8. The number of nitrogens with zero attached hydrogens (tertiary/aromatic N) is 3. The molecule has 6 heteroatoms. The van der Waals surface area contributed by atoms with Crippen LogP contribution in [0.5, 0.6) is 5.75 Å². The summed E-state index contributed by atoms with van der Waals surface area (Å²) < 4.78 is 0. The summed E-state index contributed by atoms with van der Waals surface area (Å²) in [6.07, 6.45) is 1.43. The van der Waals surface area contributed by atoms with E-state index in [4.69, 9.17) is 0 Å². The first kappa shape index (κ1) is 15.9. The van der Waals surface area contributed by atoms with E-state index in [1.54, 1.807) is 23.1 Å². The van der Waals surface area contributed by atoms with Crippen molar-refractivity contribution < 1.29 is 9.90 Å². The van der Waals surface area contributed by atoms with Gasteiger partial charge < -0.3 is 20.2 Å². The monoisotopic (exact) mass is 300 g/mol. The van der Waals surface area contributed by atoms with Crippen molar-refractivity contribution >= 4 is 11.6 Å². The van der Waals surface area contributed by atoms with Crippen LogP contribution in [0, 0.1) is 18.3 Å². The minimum atomic E-state index is -0.250. The zero-order valence-corrected chi connectivity index (χ0v) is 12.8. The molecule has 1 aromatic rings. The van der Waals surface area contributed by atoms with Crippen molar-refractivity contribution in [3.05, 3.63) is 35.5 Å². The van der Waals surface area contributed by atoms with Gasteiger partial charge >= 0.3 is 0 Å². The molecule has 22 heavy (non-hydrogen) atoms. The van der Waals surface area contributed by atoms with Gasteiger partial charge in [-0.1, -0.05) is 0 Å². The number of hydrogen-bond acceptors (Lipinski definition) is 5. The Morgan fingerprint density at radius 1 is 1.36 bits per heavy atom. The van der Waals surface area contributed by atoms with Crippen molar-refractivity contribution in [1.82, 2.24) is 9.80 Å². The molecule has 0 atom stereocenters. The van der Waals surface area contributed by atoms with E-state index >= 15 is 0 Å². The Balaban J connectivity index is 2.07. The van der Waals surface area contributed by atoms with E-state index in [1.807, 2.05) is 20.0 Å². The Labute approximate surface area is 130 Å². The molecule has 0 aliphatic carbocycles. The Morgan fingerprint density at radius 3 is 2.64 bits per heavy atom. The predicted molar refractivity (Wildman–Crippen MR) is 84.2 cm³/mol. The Hall–Kier alpha value is -2.52. The zero-order chi connectivity index (χ0) is 16.1. The summed E-state index contributed by atoms with van der Waals surface area (Å²) in [6, 6.07) is 6.83. The number of amides is 1. The molecule has 6 nitrogen and oxygen atoms in total. The lowest BCUT2D eigenvalue weighted by molar-refractivity contribution is -0.128. The van der Waals surface area contributed by atoms with E-state index < -0.39 is 0 Å². The summed E-state index contributed by atoms with van der Waals surface area (Å²) in [4.78, 5) is 16.2. The summed E-state index contributed by atoms with van der Waals surface area (Å²) in [6.45, 7) is 4.73. The topological polar surface area (TPSA) is 79.6 Å². The molecule has 2 N–H and O–H groups in total. The third-order valence-corrected chi connectivity index (χ3v) is 3.72. The number of nitrogens with one attached hydrogen (secondary N) is 1. The van der Waals surface area contributed by atoms with Gasteiger partial charge in [-0.15, -0.1) is 0 Å². The summed E-state index contributed by atoms with van der Waals surface area (Å²) in [5, 5.41) is 21.6. The van der Waals surface area contributed by atoms with Gasteiger partial charge in [0.2, 0.25) is 0 Å². The molecule has 1 aliphatic heterocycles. The highest BCUT2D eigenvalue weighted by molar-refractivity contribution is 5.97. The van der Waals surface area contributed by atoms with Gasteiger partial charge in [0.1, 0.15) is 17.4 Å². The van der Waals surface area contributed by atoms with Gasteiger partial charge in [0, 0.05) is 38.1 Å². The lowest BCUT2D eigenvalue weighted by Gasteiger charge is -2.32. The normalized spacial score (nSPS) is 16.2. The minimum absolute atomic E-state index is 0.0806. The maximum atomic E-state index is 12.3. The van der Waals surface area contributed by atoms with Crippen molar-refractivity contribution in [3.63, 3.8) is 0 Å². The molecule has 1 heterocycles. The molecule has 0 aromatic heterocycles. The summed E-state index contributed by atoms with van der Waals surface area (Å²) in [7, 11) is 2.01. The average molecular weight is 300 g/mol. The number of carbonyl (C=O) groups is 1. The molecule has 1 aliphatic rings. The highest BCUT2D eigenvalue weighted by Gasteiger charge is 2.22. The van der Waals surface area contributed by atoms with Gasteiger partial charge in [0.15, 0.2) is 0 Å². The van der Waals surface area contributed by atoms with Crippen molar-refractivity contribution in [2.24, 2.45) is 0 Å². The highest BCUT2D eigenvalue weighted by Crippen LogP contribution is 2.20. The van der Waals surface area contributed by atoms with Crippen LogP contribution in [0.4, 0.5) is 5.69 Å². The standard InChI is InChI=1S/C16H20N4O2/c1-12-9-14(21)3-4-15(12)18-11-13(10-17)16(22)20-7-5-19(2)6-8-20/h3-4,9,11,18,21H,5-8H2,1-2H3/b13-11-. The first-order valence-electron chi connectivity index (χ1n) is 7.15. The van der Waals surface area contributed by atoms with Crippen molar-refractivity contribution in [3.8, 4) is 11.8 Å². The van der Waals surface area contributed by atoms with Crippen LogP contribution in [0.1, 0.15) is 5.56 Å². The van der Waals surface area contributed by atoms with E-state index in [1.165, 1.54) is 6.20 Å². The van der Waals surface area contributed by atoms with Crippen LogP contribution in [0.25, 0.3) is 0 Å². The molecule has 0 spiro atoms. The van der Waals surface area contributed by atoms with Crippen LogP contribution in [-0.2, 0) is 4.79 Å². The molecule has 2 rings (SSSR count). The lowest BCUT2D eigenvalue weighted by Crippen LogP contribution is -2.47. The molecule has 0 radical (unpaired) electrons. The number of aryl methyl sites for hydroxylation is 1. The number of rotatable bonds is 3. The number of anilines is 1. The summed E-state index contributed by atoms with van der Waals surface area (Å²) in [5.74, 6) is -0.0689. The molecule has 0 bridgehead atoms. The van der Waals surface area contributed by atoms with Crippen molar-refractivity contribution in [1.29, 1.82) is 5.26 Å². The summed E-state index contributed by atoms with van der Waals surface area (Å²) in [5.41, 5.74) is 1.66. The third kappa shape index (κ3) is 3.77. The van der Waals surface area contributed by atoms with Crippen LogP contribution >= 0.6 is 0 Å². The number of aromatic hydroxyl groups is 1. The van der Waals surface area contributed by atoms with E-state index in [0.29, 0.717) is 13.1 Å². The highest BCUT2D eigenvalue weighted by atomic mass is 16.3. The van der Waals surface area contributed by atoms with Crippen LogP contribution in [-0.4, -0.2) is 54.0 Å². The Morgan fingerprint density at radius 2 is 2.05 bits per heavy atom. The first-order valence-corrected chi connectivity index (χ1v) is 7.15. The number of nitriles is 1. The number of carbonyl (C=O) groups excluding carboxylic acids is 1. The number of phenolic OH excluding ortho intramolecular Hbond substituents is 1. The van der Waals surface area contributed by atoms with Gasteiger partial charge in [0.05, 0.1) is 0 Å². The Bertz CT molecular complexity index is 626. The largest absolute Gasteiger partial charge is 0.508 e. The van der Waals surface area contributed by atoms with Gasteiger partial charge in [0.25, 0.3) is 5.91 Å². The quantitative estimate of drug-likeness (QED) is 0.499. The third-order valence-electron chi connectivity index (χ3n) is 3.72. The SMILES string of the molecule is Cc1cc(O)ccc1N/C=C(/C#N)C(=O)N1CCN(C)CC1. The number of hydrogen-bond donors (Lipinski definition) is 2. The first-order chi connectivity index (χ1) is 10.5. The van der Waals surface area contributed by atoms with Crippen LogP contribution < -0.4 is 5.32 Å². The molecular weight excluding hydrogens is 280 g/mol. The molecule has 1 saturated heterocycles. The summed E-state index contributed by atoms with van der Waals surface area (Å²) >= 11 is 0. The fourth-order valence-electron chi connectivity index (χ4n) is 2.28. The molecule has 1 fully saturated rings. The number of likely N-dealkylation sites (N-methyl/N-ethyl adjacent to an activating group) is 1. The molecule has 0 saturated carbocycles. The van der Waals surface area contributed by atoms with E-state index in [2.05, 4.69) is 10.2 Å². The second-order valence-corrected chi connectivity index (χ2v) is 5.41. The molecular formula is C16H20N4O2. The second kappa shape index (κ2) is 6.96. The number of benzene rings is 1. The molecule has 1 amide bonds. The predicted octanol–water partition coefficient (Wildman–Crippen LogP) is 1.29. The van der Waals surface area contributed by atoms with E-state index in [-0.39, 0.29) is 17.2 Å². The molecule has 0 unspecified atom stereocenters. The maximum Gasteiger partial charge on any atom is 0.266 e. The second-order valence-electron chi connectivity index (χ2n) is 5.41. The van der Waals surface area contributed by atoms with E-state index in [9.17, 15) is 15.2 Å². The maximum absolute atomic E-state index is 12.3. The molecule has 116 valence electrons. The minimum Gasteiger partial charge on any atom is -0.508 e. The fraction of sp³-hybridized carbons (Fsp3) is 0.375. The van der Waals surface area contributed by atoms with Crippen molar-refractivity contribution in [2.75, 3.05) is 38.5 Å². The average Bonchev–Trinajstić information content (AvgIpc) is 2.50.